The molecule has 14 aromatic rings. The normalized spacial score (nSPS) is 16.0. The molecule has 0 spiro atoms. The Morgan fingerprint density at radius 2 is 0.303 bits per heavy atom. The van der Waals surface area contributed by atoms with E-state index in [9.17, 15) is 10.2 Å². The van der Waals surface area contributed by atoms with E-state index in [4.69, 9.17) is 11.5 Å². The molecule has 1 aliphatic carbocycles. The highest BCUT2D eigenvalue weighted by molar-refractivity contribution is 5.89. The summed E-state index contributed by atoms with van der Waals surface area (Å²) < 4.78 is 0. The summed E-state index contributed by atoms with van der Waals surface area (Å²) in [5, 5.41) is 26.4. The first kappa shape index (κ1) is 95.5. The SMILES string of the molecule is CC(C)(C)c1ccc(-c2cc(-c3ccc(C(C)(C)C)cc3)cc(-c3cc(-c4cc(-c5ccc(C(C)(C)C)cc5)cc(-c5ccc(C(C)(C)C)cc5)c4)cc(C(CN)CC4CCC(CC(CN)c5cc(-c6cc(-c7ccc(C(C)(C)C)cc7)cc(-c7ccc(C(C)(C)C)cc7)c6)cc(-c6cc(-c7ccc(C(C)(C)C)cc7)cc(-c7ccc(C(C)(C)C)cc7)c6)c5)C(O)C4O)c3)c2)cc1. The molecule has 6 atom stereocenters. The second-order valence-corrected chi connectivity index (χ2v) is 46.9. The van der Waals surface area contributed by atoms with Crippen molar-refractivity contribution in [2.45, 2.75) is 259 Å². The Bertz CT molecular complexity index is 5320. The van der Waals surface area contributed by atoms with Gasteiger partial charge in [-0.1, -0.05) is 385 Å². The highest BCUT2D eigenvalue weighted by atomic mass is 16.3. The van der Waals surface area contributed by atoms with Gasteiger partial charge in [0.05, 0.1) is 12.2 Å². The molecule has 4 heteroatoms. The van der Waals surface area contributed by atoms with Crippen LogP contribution in [-0.4, -0.2) is 35.5 Å². The number of rotatable bonds is 20. The van der Waals surface area contributed by atoms with Crippen LogP contribution < -0.4 is 11.5 Å². The predicted molar refractivity (Wildman–Crippen MR) is 569 cm³/mol. The van der Waals surface area contributed by atoms with Crippen molar-refractivity contribution in [2.75, 3.05) is 13.1 Å². The Hall–Kier alpha value is -11.1. The van der Waals surface area contributed by atoms with Gasteiger partial charge in [-0.3, -0.25) is 0 Å². The molecule has 0 saturated heterocycles. The van der Waals surface area contributed by atoms with Gasteiger partial charge in [0.15, 0.2) is 0 Å². The van der Waals surface area contributed by atoms with Gasteiger partial charge in [-0.2, -0.15) is 0 Å². The van der Waals surface area contributed by atoms with Crippen molar-refractivity contribution in [3.8, 4) is 134 Å². The number of nitrogens with two attached hydrogens (primary N) is 2. The first-order valence-corrected chi connectivity index (χ1v) is 48.6. The zero-order valence-corrected chi connectivity index (χ0v) is 83.6. The van der Waals surface area contributed by atoms with Crippen molar-refractivity contribution in [3.63, 3.8) is 0 Å². The first-order chi connectivity index (χ1) is 62.1. The van der Waals surface area contributed by atoms with Crippen LogP contribution in [0.4, 0.5) is 0 Å². The van der Waals surface area contributed by atoms with E-state index in [-0.39, 0.29) is 67.0 Å². The quantitative estimate of drug-likeness (QED) is 0.0612. The third-order valence-corrected chi connectivity index (χ3v) is 28.6. The molecule has 0 bridgehead atoms. The summed E-state index contributed by atoms with van der Waals surface area (Å²) >= 11 is 0. The van der Waals surface area contributed by atoms with Gasteiger partial charge in [0.25, 0.3) is 0 Å². The van der Waals surface area contributed by atoms with E-state index in [0.29, 0.717) is 38.8 Å². The molecule has 6 N–H and O–H groups in total. The molecular weight excluding hydrogens is 1600 g/mol. The van der Waals surface area contributed by atoms with Gasteiger partial charge in [0.2, 0.25) is 0 Å². The van der Waals surface area contributed by atoms with Crippen LogP contribution in [0.25, 0.3) is 134 Å². The maximum atomic E-state index is 13.2. The molecule has 4 nitrogen and oxygen atoms in total. The average Bonchev–Trinajstić information content (AvgIpc) is 0.772. The minimum atomic E-state index is -1.02. The van der Waals surface area contributed by atoms with Gasteiger partial charge in [-0.15, -0.1) is 0 Å². The summed E-state index contributed by atoms with van der Waals surface area (Å²) in [6.07, 6.45) is 0.546. The fourth-order valence-corrected chi connectivity index (χ4v) is 19.6. The van der Waals surface area contributed by atoms with E-state index >= 15 is 0 Å². The Kier molecular flexibility index (Phi) is 27.1. The highest BCUT2D eigenvalue weighted by Crippen LogP contribution is 2.48. The second kappa shape index (κ2) is 37.4. The largest absolute Gasteiger partial charge is 0.390 e. The highest BCUT2D eigenvalue weighted by Gasteiger charge is 2.40. The van der Waals surface area contributed by atoms with E-state index in [1.807, 2.05) is 0 Å². The van der Waals surface area contributed by atoms with Crippen molar-refractivity contribution in [3.05, 3.63) is 359 Å². The van der Waals surface area contributed by atoms with Crippen molar-refractivity contribution in [2.24, 2.45) is 23.3 Å². The van der Waals surface area contributed by atoms with Crippen LogP contribution in [-0.2, 0) is 43.3 Å². The molecule has 0 heterocycles. The summed E-state index contributed by atoms with van der Waals surface area (Å²) in [6, 6.07) is 116. The molecule has 1 saturated carbocycles. The van der Waals surface area contributed by atoms with Crippen LogP contribution >= 0.6 is 0 Å². The van der Waals surface area contributed by atoms with Crippen LogP contribution in [0.2, 0.25) is 0 Å². The Morgan fingerprint density at radius 3 is 0.417 bits per heavy atom. The van der Waals surface area contributed by atoms with E-state index in [1.54, 1.807) is 0 Å². The van der Waals surface area contributed by atoms with Crippen molar-refractivity contribution < 1.29 is 10.2 Å². The summed E-state index contributed by atoms with van der Waals surface area (Å²) in [4.78, 5) is 0. The molecule has 0 aliphatic heterocycles. The molecule has 15 rings (SSSR count). The average molecular weight is 1740 g/mol. The lowest BCUT2D eigenvalue weighted by Crippen LogP contribution is -2.44. The first-order valence-electron chi connectivity index (χ1n) is 48.6. The van der Waals surface area contributed by atoms with Crippen LogP contribution in [0.15, 0.2) is 303 Å². The smallest absolute Gasteiger partial charge is 0.0830 e. The number of benzene rings is 14. The summed E-state index contributed by atoms with van der Waals surface area (Å²) in [6.45, 7) is 55.4. The molecule has 1 fully saturated rings. The molecule has 0 amide bonds. The van der Waals surface area contributed by atoms with Crippen molar-refractivity contribution in [1.82, 2.24) is 0 Å². The van der Waals surface area contributed by atoms with Gasteiger partial charge >= 0.3 is 0 Å². The molecule has 14 aromatic carbocycles. The van der Waals surface area contributed by atoms with Crippen LogP contribution in [0.3, 0.4) is 0 Å². The standard InChI is InChI=1S/C128H146N2O2/c1-121(2,3)111-43-27-81(28-44-111)91-61-92(82-29-45-112(46-30-82)122(4,5)6)66-99(65-91)103-73-104(100-67-93(83-31-47-113(48-32-83)123(7,8)9)62-94(68-100)84-33-49-114(50-34-84)124(10,11)12)76-107(75-103)109(79-129)59-89-25-26-90(120(132)119(89)131)60-110(80-130)108-77-105(101-69-95(85-35-51-115(52-36-85)125(13,14)15)63-96(70-101)86-37-53-116(54-38-86)126(16,17)18)74-106(78-108)102-71-97(87-39-55-117(56-40-87)127(19,20)21)64-98(72-102)88-41-57-118(58-42-88)128(22,23)24/h27-58,61-78,89-90,109-110,119-120,131-132H,25-26,59-60,79-80,129-130H2,1-24H3. The molecule has 0 aromatic heterocycles. The fourth-order valence-electron chi connectivity index (χ4n) is 19.6. The van der Waals surface area contributed by atoms with E-state index in [1.165, 1.54) is 44.5 Å². The van der Waals surface area contributed by atoms with E-state index in [0.717, 1.165) is 145 Å². The molecule has 132 heavy (non-hydrogen) atoms. The maximum Gasteiger partial charge on any atom is 0.0830 e. The lowest BCUT2D eigenvalue weighted by Gasteiger charge is -2.40. The Labute approximate surface area is 792 Å². The minimum absolute atomic E-state index is 0.00922. The molecule has 1 aliphatic rings. The van der Waals surface area contributed by atoms with Gasteiger partial charge in [-0.25, -0.2) is 0 Å². The number of hydrogen-bond donors (Lipinski definition) is 4. The van der Waals surface area contributed by atoms with Crippen molar-refractivity contribution in [1.29, 1.82) is 0 Å². The van der Waals surface area contributed by atoms with Gasteiger partial charge < -0.3 is 21.7 Å². The monoisotopic (exact) mass is 1740 g/mol. The zero-order valence-electron chi connectivity index (χ0n) is 83.6. The molecule has 6 unspecified atom stereocenters. The van der Waals surface area contributed by atoms with Crippen LogP contribution in [0.1, 0.15) is 259 Å². The summed E-state index contributed by atoms with van der Waals surface area (Å²) in [5.74, 6) is -0.873. The zero-order chi connectivity index (χ0) is 94.7. The third-order valence-electron chi connectivity index (χ3n) is 28.6. The van der Waals surface area contributed by atoms with E-state index < -0.39 is 12.2 Å². The second-order valence-electron chi connectivity index (χ2n) is 46.9. The Balaban J connectivity index is 0.837. The molecule has 0 radical (unpaired) electrons. The van der Waals surface area contributed by atoms with Crippen LogP contribution in [0, 0.1) is 11.8 Å². The fraction of sp³-hybridized carbons (Fsp3) is 0.344. The van der Waals surface area contributed by atoms with Crippen molar-refractivity contribution >= 4 is 0 Å². The number of aliphatic hydroxyl groups is 2. The third kappa shape index (κ3) is 22.0. The van der Waals surface area contributed by atoms with Crippen LogP contribution in [0.5, 0.6) is 0 Å². The summed E-state index contributed by atoms with van der Waals surface area (Å²) in [7, 11) is 0. The molecular formula is C128H146N2O2. The Morgan fingerprint density at radius 1 is 0.189 bits per heavy atom. The lowest BCUT2D eigenvalue weighted by atomic mass is 9.70. The summed E-state index contributed by atoms with van der Waals surface area (Å²) in [5.41, 5.74) is 54.1. The lowest BCUT2D eigenvalue weighted by molar-refractivity contribution is -0.0826. The van der Waals surface area contributed by atoms with Gasteiger partial charge in [0.1, 0.15) is 0 Å². The molecule has 680 valence electrons. The maximum absolute atomic E-state index is 13.2. The number of aliphatic hydroxyl groups excluding tert-OH is 2. The van der Waals surface area contributed by atoms with Gasteiger partial charge in [-0.05, 0) is 380 Å². The van der Waals surface area contributed by atoms with E-state index in [2.05, 4.69) is 469 Å². The topological polar surface area (TPSA) is 92.5 Å². The minimum Gasteiger partial charge on any atom is -0.390 e. The number of hydrogen-bond acceptors (Lipinski definition) is 4. The van der Waals surface area contributed by atoms with Gasteiger partial charge in [0, 0.05) is 0 Å². The predicted octanol–water partition coefficient (Wildman–Crippen LogP) is 33.4.